The van der Waals surface area contributed by atoms with E-state index in [1.54, 1.807) is 29.2 Å². The van der Waals surface area contributed by atoms with Gasteiger partial charge in [-0.25, -0.2) is 8.42 Å². The first-order valence-corrected chi connectivity index (χ1v) is 13.3. The second kappa shape index (κ2) is 9.43. The topological polar surface area (TPSA) is 99.8 Å². The van der Waals surface area contributed by atoms with Crippen molar-refractivity contribution < 1.29 is 17.6 Å². The molecule has 10 heteroatoms. The first-order chi connectivity index (χ1) is 16.8. The van der Waals surface area contributed by atoms with Gasteiger partial charge >= 0.3 is 11.8 Å². The molecule has 1 amide bonds. The number of anilines is 1. The Labute approximate surface area is 205 Å². The number of hydrogen-bond acceptors (Lipinski definition) is 7. The van der Waals surface area contributed by atoms with E-state index in [1.165, 1.54) is 21.1 Å². The van der Waals surface area contributed by atoms with E-state index >= 15 is 0 Å². The summed E-state index contributed by atoms with van der Waals surface area (Å²) >= 11 is 0. The summed E-state index contributed by atoms with van der Waals surface area (Å²) in [7, 11) is -3.49. The summed E-state index contributed by atoms with van der Waals surface area (Å²) in [6.07, 6.45) is 1.77. The lowest BCUT2D eigenvalue weighted by atomic mass is 10.1. The van der Waals surface area contributed by atoms with Crippen LogP contribution in [-0.2, 0) is 10.0 Å². The van der Waals surface area contributed by atoms with Gasteiger partial charge in [-0.15, -0.1) is 10.2 Å². The summed E-state index contributed by atoms with van der Waals surface area (Å²) < 4.78 is 32.6. The number of aryl methyl sites for hydroxylation is 2. The summed E-state index contributed by atoms with van der Waals surface area (Å²) in [5, 5.41) is 7.97. The van der Waals surface area contributed by atoms with Crippen LogP contribution in [0.2, 0.25) is 0 Å². The molecular formula is C25H29N5O4S. The Morgan fingerprint density at radius 3 is 2.23 bits per heavy atom. The van der Waals surface area contributed by atoms with Crippen LogP contribution in [0.25, 0.3) is 11.5 Å². The molecule has 0 unspecified atom stereocenters. The van der Waals surface area contributed by atoms with Gasteiger partial charge in [-0.2, -0.15) is 4.31 Å². The Morgan fingerprint density at radius 1 is 0.886 bits per heavy atom. The third-order valence-electron chi connectivity index (χ3n) is 6.67. The van der Waals surface area contributed by atoms with Crippen molar-refractivity contribution in [3.05, 3.63) is 59.5 Å². The zero-order valence-electron chi connectivity index (χ0n) is 20.0. The van der Waals surface area contributed by atoms with Gasteiger partial charge in [0.2, 0.25) is 15.9 Å². The Bertz CT molecular complexity index is 1320. The van der Waals surface area contributed by atoms with Crippen molar-refractivity contribution >= 4 is 21.6 Å². The third-order valence-corrected chi connectivity index (χ3v) is 8.58. The summed E-state index contributed by atoms with van der Waals surface area (Å²) in [6.45, 7) is 7.87. The van der Waals surface area contributed by atoms with Gasteiger partial charge in [-0.05, 0) is 62.6 Å². The minimum atomic E-state index is -3.49. The maximum atomic E-state index is 13.0. The predicted octanol–water partition coefficient (Wildman–Crippen LogP) is 3.10. The minimum Gasteiger partial charge on any atom is -0.412 e. The van der Waals surface area contributed by atoms with Crippen LogP contribution in [0.4, 0.5) is 5.69 Å². The molecule has 9 nitrogen and oxygen atoms in total. The molecule has 0 aliphatic carbocycles. The van der Waals surface area contributed by atoms with E-state index in [2.05, 4.69) is 47.1 Å². The maximum absolute atomic E-state index is 13.0. The number of piperazine rings is 1. The average Bonchev–Trinajstić information content (AvgIpc) is 3.57. The molecule has 3 heterocycles. The highest BCUT2D eigenvalue weighted by molar-refractivity contribution is 7.89. The summed E-state index contributed by atoms with van der Waals surface area (Å²) in [6, 6.07) is 12.8. The lowest BCUT2D eigenvalue weighted by Crippen LogP contribution is -2.49. The van der Waals surface area contributed by atoms with Crippen LogP contribution in [0, 0.1) is 13.8 Å². The molecule has 0 spiro atoms. The number of rotatable bonds is 5. The molecule has 35 heavy (non-hydrogen) atoms. The average molecular weight is 496 g/mol. The quantitative estimate of drug-likeness (QED) is 0.536. The number of sulfonamides is 1. The Morgan fingerprint density at radius 2 is 1.57 bits per heavy atom. The number of carbonyl (C=O) groups excluding carboxylic acids is 1. The monoisotopic (exact) mass is 495 g/mol. The van der Waals surface area contributed by atoms with Gasteiger partial charge in [0.25, 0.3) is 0 Å². The van der Waals surface area contributed by atoms with E-state index in [0.717, 1.165) is 25.9 Å². The molecule has 2 aromatic carbocycles. The van der Waals surface area contributed by atoms with Crippen LogP contribution < -0.4 is 4.90 Å². The molecule has 0 atom stereocenters. The molecule has 1 aromatic heterocycles. The molecule has 3 aromatic rings. The Balaban J connectivity index is 1.24. The van der Waals surface area contributed by atoms with E-state index in [0.29, 0.717) is 31.7 Å². The fraction of sp³-hybridized carbons (Fsp3) is 0.400. The third kappa shape index (κ3) is 4.68. The zero-order valence-corrected chi connectivity index (χ0v) is 20.8. The second-order valence-corrected chi connectivity index (χ2v) is 11.1. The molecular weight excluding hydrogens is 466 g/mol. The van der Waals surface area contributed by atoms with Crippen LogP contribution in [0.1, 0.15) is 34.7 Å². The SMILES string of the molecule is Cc1ccc(N2CCN(C(=O)c3nnc(-c4ccc(S(=O)(=O)N5CCCC5)cc4)o3)CC2)c(C)c1. The highest BCUT2D eigenvalue weighted by Crippen LogP contribution is 2.26. The first-order valence-electron chi connectivity index (χ1n) is 11.9. The smallest absolute Gasteiger partial charge is 0.311 e. The maximum Gasteiger partial charge on any atom is 0.311 e. The standard InChI is InChI=1S/C25H29N5O4S/c1-18-5-10-22(19(2)17-18)28-13-15-29(16-14-28)25(31)24-27-26-23(34-24)20-6-8-21(9-7-20)35(32,33)30-11-3-4-12-30/h5-10,17H,3-4,11-16H2,1-2H3. The number of aromatic nitrogens is 2. The molecule has 2 saturated heterocycles. The van der Waals surface area contributed by atoms with Gasteiger partial charge in [0.15, 0.2) is 0 Å². The normalized spacial score (nSPS) is 17.2. The zero-order chi connectivity index (χ0) is 24.6. The van der Waals surface area contributed by atoms with Crippen LogP contribution in [0.5, 0.6) is 0 Å². The van der Waals surface area contributed by atoms with Crippen LogP contribution in [-0.4, -0.2) is 73.0 Å². The van der Waals surface area contributed by atoms with Gasteiger partial charge in [0, 0.05) is 50.5 Å². The molecule has 2 aliphatic rings. The second-order valence-electron chi connectivity index (χ2n) is 9.12. The van der Waals surface area contributed by atoms with Crippen molar-refractivity contribution in [1.29, 1.82) is 0 Å². The van der Waals surface area contributed by atoms with Gasteiger partial charge in [-0.3, -0.25) is 4.79 Å². The van der Waals surface area contributed by atoms with Crippen LogP contribution in [0.3, 0.4) is 0 Å². The summed E-state index contributed by atoms with van der Waals surface area (Å²) in [5.74, 6) is -0.168. The molecule has 184 valence electrons. The Kier molecular flexibility index (Phi) is 6.33. The molecule has 0 saturated carbocycles. The fourth-order valence-electron chi connectivity index (χ4n) is 4.72. The van der Waals surface area contributed by atoms with Gasteiger partial charge in [0.05, 0.1) is 4.90 Å². The molecule has 2 aliphatic heterocycles. The minimum absolute atomic E-state index is 0.0614. The molecule has 0 N–H and O–H groups in total. The van der Waals surface area contributed by atoms with E-state index in [4.69, 9.17) is 4.42 Å². The van der Waals surface area contributed by atoms with E-state index in [-0.39, 0.29) is 22.6 Å². The fourth-order valence-corrected chi connectivity index (χ4v) is 6.24. The highest BCUT2D eigenvalue weighted by atomic mass is 32.2. The molecule has 2 fully saturated rings. The van der Waals surface area contributed by atoms with Crippen LogP contribution >= 0.6 is 0 Å². The number of carbonyl (C=O) groups is 1. The van der Waals surface area contributed by atoms with Gasteiger partial charge in [-0.1, -0.05) is 17.7 Å². The lowest BCUT2D eigenvalue weighted by Gasteiger charge is -2.36. The van der Waals surface area contributed by atoms with Crippen molar-refractivity contribution in [3.63, 3.8) is 0 Å². The first kappa shape index (κ1) is 23.5. The number of amides is 1. The van der Waals surface area contributed by atoms with Crippen molar-refractivity contribution in [3.8, 4) is 11.5 Å². The van der Waals surface area contributed by atoms with Crippen molar-refractivity contribution in [2.24, 2.45) is 0 Å². The largest absolute Gasteiger partial charge is 0.412 e. The number of nitrogens with zero attached hydrogens (tertiary/aromatic N) is 5. The van der Waals surface area contributed by atoms with Crippen LogP contribution in [0.15, 0.2) is 51.8 Å². The van der Waals surface area contributed by atoms with Crippen molar-refractivity contribution in [1.82, 2.24) is 19.4 Å². The molecule has 0 radical (unpaired) electrons. The van der Waals surface area contributed by atoms with E-state index in [1.807, 2.05) is 0 Å². The number of benzene rings is 2. The molecule has 0 bridgehead atoms. The van der Waals surface area contributed by atoms with E-state index in [9.17, 15) is 13.2 Å². The van der Waals surface area contributed by atoms with Gasteiger partial charge < -0.3 is 14.2 Å². The molecule has 5 rings (SSSR count). The van der Waals surface area contributed by atoms with Crippen molar-refractivity contribution in [2.45, 2.75) is 31.6 Å². The Hall–Kier alpha value is -3.24. The number of hydrogen-bond donors (Lipinski definition) is 0. The lowest BCUT2D eigenvalue weighted by molar-refractivity contribution is 0.0707. The highest BCUT2D eigenvalue weighted by Gasteiger charge is 2.28. The summed E-state index contributed by atoms with van der Waals surface area (Å²) in [5.41, 5.74) is 4.22. The summed E-state index contributed by atoms with van der Waals surface area (Å²) in [4.78, 5) is 17.2. The van der Waals surface area contributed by atoms with Crippen molar-refractivity contribution in [2.75, 3.05) is 44.2 Å². The van der Waals surface area contributed by atoms with E-state index < -0.39 is 10.0 Å². The van der Waals surface area contributed by atoms with Gasteiger partial charge in [0.1, 0.15) is 0 Å². The predicted molar refractivity (Wildman–Crippen MR) is 132 cm³/mol.